The summed E-state index contributed by atoms with van der Waals surface area (Å²) < 4.78 is 5.89. The summed E-state index contributed by atoms with van der Waals surface area (Å²) in [6.45, 7) is 4.56. The van der Waals surface area contributed by atoms with Crippen molar-refractivity contribution in [3.8, 4) is 5.75 Å². The molecule has 104 valence electrons. The number of carboxylic acid groups (broad SMARTS) is 1. The first-order valence-corrected chi connectivity index (χ1v) is 6.95. The lowest BCUT2D eigenvalue weighted by molar-refractivity contribution is 0.0696. The number of carbonyl (C=O) groups is 1. The average Bonchev–Trinajstić information content (AvgIpc) is 2.31. The van der Waals surface area contributed by atoms with Crippen LogP contribution in [-0.4, -0.2) is 17.2 Å². The van der Waals surface area contributed by atoms with Gasteiger partial charge in [-0.2, -0.15) is 0 Å². The molecule has 0 aromatic heterocycles. The highest BCUT2D eigenvalue weighted by Gasteiger charge is 2.27. The van der Waals surface area contributed by atoms with E-state index in [2.05, 4.69) is 13.8 Å². The van der Waals surface area contributed by atoms with E-state index >= 15 is 0 Å². The van der Waals surface area contributed by atoms with Crippen LogP contribution in [0.2, 0.25) is 5.02 Å². The van der Waals surface area contributed by atoms with Crippen LogP contribution in [0.3, 0.4) is 0 Å². The number of carboxylic acids is 1. The van der Waals surface area contributed by atoms with Crippen LogP contribution in [-0.2, 0) is 0 Å². The highest BCUT2D eigenvalue weighted by Crippen LogP contribution is 2.36. The molecule has 1 aliphatic rings. The van der Waals surface area contributed by atoms with Gasteiger partial charge in [-0.25, -0.2) is 4.79 Å². The summed E-state index contributed by atoms with van der Waals surface area (Å²) in [5, 5.41) is 9.13. The van der Waals surface area contributed by atoms with Gasteiger partial charge in [0.05, 0.1) is 16.7 Å². The molecular formula is C15H19ClO3. The Kier molecular flexibility index (Phi) is 4.04. The predicted molar refractivity (Wildman–Crippen MR) is 75.1 cm³/mol. The fourth-order valence-corrected chi connectivity index (χ4v) is 2.68. The van der Waals surface area contributed by atoms with Crippen molar-refractivity contribution < 1.29 is 14.6 Å². The van der Waals surface area contributed by atoms with Gasteiger partial charge in [-0.05, 0) is 49.3 Å². The first-order chi connectivity index (χ1) is 8.87. The van der Waals surface area contributed by atoms with Gasteiger partial charge in [0.2, 0.25) is 0 Å². The molecule has 19 heavy (non-hydrogen) atoms. The van der Waals surface area contributed by atoms with Gasteiger partial charge in [0, 0.05) is 0 Å². The number of aromatic carboxylic acids is 1. The molecule has 1 aromatic carbocycles. The minimum Gasteiger partial charge on any atom is -0.490 e. The topological polar surface area (TPSA) is 46.5 Å². The minimum atomic E-state index is -1.02. The zero-order chi connectivity index (χ0) is 14.0. The lowest BCUT2D eigenvalue weighted by atomic mass is 9.76. The Labute approximate surface area is 118 Å². The van der Waals surface area contributed by atoms with Crippen LogP contribution >= 0.6 is 11.6 Å². The second kappa shape index (κ2) is 5.41. The molecule has 0 saturated heterocycles. The predicted octanol–water partition coefficient (Wildman–Crippen LogP) is 4.39. The first-order valence-electron chi connectivity index (χ1n) is 6.57. The lowest BCUT2D eigenvalue weighted by Gasteiger charge is -2.34. The Morgan fingerprint density at radius 3 is 2.53 bits per heavy atom. The van der Waals surface area contributed by atoms with Crippen molar-refractivity contribution in [3.05, 3.63) is 28.8 Å². The Hall–Kier alpha value is -1.22. The third-order valence-corrected chi connectivity index (χ3v) is 4.07. The Bertz CT molecular complexity index is 472. The Morgan fingerprint density at radius 1 is 1.37 bits per heavy atom. The maximum Gasteiger partial charge on any atom is 0.337 e. The zero-order valence-corrected chi connectivity index (χ0v) is 12.0. The number of hydrogen-bond acceptors (Lipinski definition) is 2. The van der Waals surface area contributed by atoms with Crippen molar-refractivity contribution in [2.75, 3.05) is 0 Å². The summed E-state index contributed by atoms with van der Waals surface area (Å²) >= 11 is 5.93. The first kappa shape index (κ1) is 14.2. The molecule has 3 nitrogen and oxygen atoms in total. The van der Waals surface area contributed by atoms with Crippen molar-refractivity contribution in [2.45, 2.75) is 45.6 Å². The van der Waals surface area contributed by atoms with E-state index in [9.17, 15) is 4.79 Å². The van der Waals surface area contributed by atoms with Crippen molar-refractivity contribution >= 4 is 17.6 Å². The van der Waals surface area contributed by atoms with E-state index in [0.717, 1.165) is 25.7 Å². The van der Waals surface area contributed by atoms with Crippen LogP contribution in [0.5, 0.6) is 5.75 Å². The van der Waals surface area contributed by atoms with E-state index in [4.69, 9.17) is 21.4 Å². The number of hydrogen-bond donors (Lipinski definition) is 1. The lowest BCUT2D eigenvalue weighted by Crippen LogP contribution is -2.28. The molecule has 0 amide bonds. The van der Waals surface area contributed by atoms with Gasteiger partial charge in [0.25, 0.3) is 0 Å². The second-order valence-electron chi connectivity index (χ2n) is 5.93. The summed E-state index contributed by atoms with van der Waals surface area (Å²) in [5.74, 6) is -0.365. The third-order valence-electron chi connectivity index (χ3n) is 3.76. The maximum atomic E-state index is 10.9. The molecule has 1 aromatic rings. The smallest absolute Gasteiger partial charge is 0.337 e. The van der Waals surface area contributed by atoms with E-state index in [1.165, 1.54) is 6.07 Å². The molecule has 1 saturated carbocycles. The van der Waals surface area contributed by atoms with E-state index in [1.54, 1.807) is 12.1 Å². The maximum absolute atomic E-state index is 10.9. The molecule has 2 rings (SSSR count). The van der Waals surface area contributed by atoms with E-state index < -0.39 is 5.97 Å². The van der Waals surface area contributed by atoms with Crippen LogP contribution < -0.4 is 4.74 Å². The van der Waals surface area contributed by atoms with Crippen molar-refractivity contribution in [2.24, 2.45) is 5.41 Å². The fourth-order valence-electron chi connectivity index (χ4n) is 2.43. The third kappa shape index (κ3) is 3.63. The largest absolute Gasteiger partial charge is 0.490 e. The molecule has 0 atom stereocenters. The van der Waals surface area contributed by atoms with Crippen LogP contribution in [0.1, 0.15) is 49.9 Å². The normalized spacial score (nSPS) is 19.1. The average molecular weight is 283 g/mol. The SMILES string of the molecule is CC1(C)CCC(Oc2ccc(C(=O)O)c(Cl)c2)CC1. The molecule has 0 spiro atoms. The number of benzene rings is 1. The zero-order valence-electron chi connectivity index (χ0n) is 11.3. The molecule has 1 fully saturated rings. The van der Waals surface area contributed by atoms with Gasteiger partial charge in [0.15, 0.2) is 0 Å². The Morgan fingerprint density at radius 2 is 2.00 bits per heavy atom. The number of ether oxygens (including phenoxy) is 1. The number of rotatable bonds is 3. The van der Waals surface area contributed by atoms with E-state index in [1.807, 2.05) is 0 Å². The standard InChI is InChI=1S/C15H19ClO3/c1-15(2)7-5-10(6-8-15)19-11-3-4-12(14(17)18)13(16)9-11/h3-4,9-10H,5-8H2,1-2H3,(H,17,18). The van der Waals surface area contributed by atoms with Gasteiger partial charge >= 0.3 is 5.97 Å². The molecule has 1 aliphatic carbocycles. The second-order valence-corrected chi connectivity index (χ2v) is 6.34. The summed E-state index contributed by atoms with van der Waals surface area (Å²) in [6, 6.07) is 4.76. The summed E-state index contributed by atoms with van der Waals surface area (Å²) in [7, 11) is 0. The molecule has 0 bridgehead atoms. The van der Waals surface area contributed by atoms with Crippen LogP contribution in [0.15, 0.2) is 18.2 Å². The van der Waals surface area contributed by atoms with Gasteiger partial charge in [-0.15, -0.1) is 0 Å². The summed E-state index contributed by atoms with van der Waals surface area (Å²) in [5.41, 5.74) is 0.517. The monoisotopic (exact) mass is 282 g/mol. The summed E-state index contributed by atoms with van der Waals surface area (Å²) in [6.07, 6.45) is 4.58. The minimum absolute atomic E-state index is 0.110. The fraction of sp³-hybridized carbons (Fsp3) is 0.533. The van der Waals surface area contributed by atoms with Crippen molar-refractivity contribution in [1.29, 1.82) is 0 Å². The van der Waals surface area contributed by atoms with Crippen LogP contribution in [0, 0.1) is 5.41 Å². The molecule has 0 heterocycles. The van der Waals surface area contributed by atoms with E-state index in [-0.39, 0.29) is 16.7 Å². The molecule has 0 unspecified atom stereocenters. The summed E-state index contributed by atoms with van der Waals surface area (Å²) in [4.78, 5) is 10.9. The molecule has 0 radical (unpaired) electrons. The van der Waals surface area contributed by atoms with Gasteiger partial charge < -0.3 is 9.84 Å². The highest BCUT2D eigenvalue weighted by atomic mass is 35.5. The molecular weight excluding hydrogens is 264 g/mol. The Balaban J connectivity index is 2.01. The quantitative estimate of drug-likeness (QED) is 0.894. The molecule has 0 aliphatic heterocycles. The molecule has 4 heteroatoms. The van der Waals surface area contributed by atoms with Crippen LogP contribution in [0.25, 0.3) is 0 Å². The van der Waals surface area contributed by atoms with Gasteiger partial charge in [-0.1, -0.05) is 25.4 Å². The van der Waals surface area contributed by atoms with Crippen molar-refractivity contribution in [3.63, 3.8) is 0 Å². The van der Waals surface area contributed by atoms with Crippen molar-refractivity contribution in [1.82, 2.24) is 0 Å². The van der Waals surface area contributed by atoms with Crippen LogP contribution in [0.4, 0.5) is 0 Å². The highest BCUT2D eigenvalue weighted by molar-refractivity contribution is 6.33. The number of halogens is 1. The van der Waals surface area contributed by atoms with Gasteiger partial charge in [0.1, 0.15) is 5.75 Å². The van der Waals surface area contributed by atoms with Gasteiger partial charge in [-0.3, -0.25) is 0 Å². The van der Waals surface area contributed by atoms with E-state index in [0.29, 0.717) is 11.2 Å². The molecule has 1 N–H and O–H groups in total.